The molecular weight excluding hydrogens is 390 g/mol. The highest BCUT2D eigenvalue weighted by atomic mass is 79.9. The molecule has 0 saturated heterocycles. The van der Waals surface area contributed by atoms with Gasteiger partial charge in [0.05, 0.1) is 18.3 Å². The lowest BCUT2D eigenvalue weighted by atomic mass is 10.2. The maximum absolute atomic E-state index is 12.0. The van der Waals surface area contributed by atoms with E-state index in [0.29, 0.717) is 12.4 Å². The van der Waals surface area contributed by atoms with Crippen LogP contribution in [0.5, 0.6) is 0 Å². The molecule has 0 bridgehead atoms. The molecule has 0 fully saturated rings. The predicted molar refractivity (Wildman–Crippen MR) is 93.3 cm³/mol. The highest BCUT2D eigenvalue weighted by molar-refractivity contribution is 9.10. The number of aromatic nitrogens is 4. The number of halogens is 1. The zero-order valence-corrected chi connectivity index (χ0v) is 14.5. The van der Waals surface area contributed by atoms with Crippen LogP contribution in [0.2, 0.25) is 0 Å². The Labute approximate surface area is 151 Å². The molecule has 3 aromatic rings. The molecule has 0 aliphatic rings. The number of carbonyl (C=O) groups is 2. The Morgan fingerprint density at radius 1 is 1.16 bits per heavy atom. The average Bonchev–Trinajstić information content (AvgIpc) is 3.19. The van der Waals surface area contributed by atoms with Gasteiger partial charge in [0.25, 0.3) is 0 Å². The molecule has 0 atom stereocenters. The fraction of sp³-hybridized carbons (Fsp3) is 0.125. The van der Waals surface area contributed by atoms with Crippen molar-refractivity contribution in [2.75, 3.05) is 5.32 Å². The summed E-state index contributed by atoms with van der Waals surface area (Å²) >= 11 is 3.39. The van der Waals surface area contributed by atoms with Crippen molar-refractivity contribution in [2.45, 2.75) is 13.1 Å². The van der Waals surface area contributed by atoms with Crippen LogP contribution in [-0.4, -0.2) is 36.5 Å². The molecule has 0 saturated carbocycles. The summed E-state index contributed by atoms with van der Waals surface area (Å²) in [5.41, 5.74) is 1.12. The standard InChI is InChI=1S/C16H14BrN5O3/c17-13-3-1-11(2-4-13)8-21-6-5-14(20-21)19-15(23)10-22-9-12(7-18-22)16(24)25/h1-7,9H,8,10H2,(H,24,25)(H,19,20,23). The Hall–Kier alpha value is -2.94. The minimum absolute atomic E-state index is 0.0339. The summed E-state index contributed by atoms with van der Waals surface area (Å²) < 4.78 is 3.99. The second-order valence-electron chi connectivity index (χ2n) is 5.30. The average molecular weight is 404 g/mol. The first-order valence-electron chi connectivity index (χ1n) is 7.33. The summed E-state index contributed by atoms with van der Waals surface area (Å²) in [5, 5.41) is 19.6. The van der Waals surface area contributed by atoms with E-state index in [1.54, 1.807) is 16.9 Å². The molecule has 1 aromatic carbocycles. The Balaban J connectivity index is 1.57. The number of rotatable bonds is 6. The van der Waals surface area contributed by atoms with Gasteiger partial charge in [-0.05, 0) is 17.7 Å². The summed E-state index contributed by atoms with van der Waals surface area (Å²) in [7, 11) is 0. The van der Waals surface area contributed by atoms with Gasteiger partial charge in [-0.3, -0.25) is 14.2 Å². The van der Waals surface area contributed by atoms with Crippen LogP contribution < -0.4 is 5.32 Å². The normalized spacial score (nSPS) is 10.6. The van der Waals surface area contributed by atoms with Crippen LogP contribution in [0.25, 0.3) is 0 Å². The summed E-state index contributed by atoms with van der Waals surface area (Å²) in [6.45, 7) is 0.497. The zero-order valence-electron chi connectivity index (χ0n) is 13.0. The molecule has 2 N–H and O–H groups in total. The summed E-state index contributed by atoms with van der Waals surface area (Å²) in [5.74, 6) is -1.00. The first-order valence-corrected chi connectivity index (χ1v) is 8.12. The SMILES string of the molecule is O=C(Cn1cc(C(=O)O)cn1)Nc1ccn(Cc2ccc(Br)cc2)n1. The largest absolute Gasteiger partial charge is 0.478 e. The molecular formula is C16H14BrN5O3. The van der Waals surface area contributed by atoms with Gasteiger partial charge in [-0.25, -0.2) is 4.79 Å². The minimum atomic E-state index is -1.08. The minimum Gasteiger partial charge on any atom is -0.478 e. The van der Waals surface area contributed by atoms with E-state index in [4.69, 9.17) is 5.11 Å². The van der Waals surface area contributed by atoms with Crippen molar-refractivity contribution in [3.05, 3.63) is 64.5 Å². The third-order valence-corrected chi connectivity index (χ3v) is 3.88. The number of nitrogens with zero attached hydrogens (tertiary/aromatic N) is 4. The zero-order chi connectivity index (χ0) is 17.8. The monoisotopic (exact) mass is 403 g/mol. The molecule has 25 heavy (non-hydrogen) atoms. The highest BCUT2D eigenvalue weighted by Gasteiger charge is 2.10. The summed E-state index contributed by atoms with van der Waals surface area (Å²) in [6, 6.07) is 9.58. The van der Waals surface area contributed by atoms with E-state index in [9.17, 15) is 9.59 Å². The van der Waals surface area contributed by atoms with Gasteiger partial charge in [-0.2, -0.15) is 10.2 Å². The highest BCUT2D eigenvalue weighted by Crippen LogP contribution is 2.12. The Morgan fingerprint density at radius 2 is 1.92 bits per heavy atom. The van der Waals surface area contributed by atoms with Gasteiger partial charge in [-0.1, -0.05) is 28.1 Å². The molecule has 1 amide bonds. The van der Waals surface area contributed by atoms with Crippen LogP contribution in [-0.2, 0) is 17.9 Å². The number of hydrogen-bond acceptors (Lipinski definition) is 4. The second-order valence-corrected chi connectivity index (χ2v) is 6.22. The lowest BCUT2D eigenvalue weighted by Gasteiger charge is -2.03. The number of benzene rings is 1. The number of anilines is 1. The van der Waals surface area contributed by atoms with Crippen molar-refractivity contribution in [3.8, 4) is 0 Å². The van der Waals surface area contributed by atoms with E-state index < -0.39 is 5.97 Å². The lowest BCUT2D eigenvalue weighted by molar-refractivity contribution is -0.116. The number of carbonyl (C=O) groups excluding carboxylic acids is 1. The van der Waals surface area contributed by atoms with Gasteiger partial charge < -0.3 is 10.4 Å². The van der Waals surface area contributed by atoms with E-state index >= 15 is 0 Å². The van der Waals surface area contributed by atoms with Crippen molar-refractivity contribution < 1.29 is 14.7 Å². The van der Waals surface area contributed by atoms with Crippen LogP contribution in [0.1, 0.15) is 15.9 Å². The van der Waals surface area contributed by atoms with E-state index in [1.807, 2.05) is 24.3 Å². The molecule has 0 radical (unpaired) electrons. The third kappa shape index (κ3) is 4.54. The van der Waals surface area contributed by atoms with Gasteiger partial charge >= 0.3 is 5.97 Å². The first kappa shape index (κ1) is 16.9. The quantitative estimate of drug-likeness (QED) is 0.656. The number of carboxylic acids is 1. The Bertz CT molecular complexity index is 901. The van der Waals surface area contributed by atoms with Gasteiger partial charge in [0.1, 0.15) is 6.54 Å². The van der Waals surface area contributed by atoms with Crippen LogP contribution in [0.3, 0.4) is 0 Å². The second kappa shape index (κ2) is 7.31. The van der Waals surface area contributed by atoms with E-state index in [1.165, 1.54) is 17.1 Å². The Kier molecular flexibility index (Phi) is 4.94. The predicted octanol–water partition coefficient (Wildman–Crippen LogP) is 2.23. The molecule has 0 spiro atoms. The van der Waals surface area contributed by atoms with Crippen LogP contribution in [0.15, 0.2) is 53.4 Å². The molecule has 8 nitrogen and oxygen atoms in total. The number of nitrogens with one attached hydrogen (secondary N) is 1. The van der Waals surface area contributed by atoms with E-state index in [2.05, 4.69) is 31.4 Å². The van der Waals surface area contributed by atoms with E-state index in [-0.39, 0.29) is 18.0 Å². The molecule has 0 aliphatic heterocycles. The van der Waals surface area contributed by atoms with Crippen molar-refractivity contribution in [1.29, 1.82) is 0 Å². The molecule has 2 heterocycles. The molecule has 128 valence electrons. The number of hydrogen-bond donors (Lipinski definition) is 2. The van der Waals surface area contributed by atoms with Crippen LogP contribution >= 0.6 is 15.9 Å². The number of aromatic carboxylic acids is 1. The first-order chi connectivity index (χ1) is 12.0. The van der Waals surface area contributed by atoms with Crippen molar-refractivity contribution in [1.82, 2.24) is 19.6 Å². The van der Waals surface area contributed by atoms with Crippen molar-refractivity contribution >= 4 is 33.6 Å². The van der Waals surface area contributed by atoms with Crippen LogP contribution in [0.4, 0.5) is 5.82 Å². The third-order valence-electron chi connectivity index (χ3n) is 3.35. The van der Waals surface area contributed by atoms with Gasteiger partial charge in [0.15, 0.2) is 5.82 Å². The topological polar surface area (TPSA) is 102 Å². The fourth-order valence-electron chi connectivity index (χ4n) is 2.18. The van der Waals surface area contributed by atoms with Gasteiger partial charge in [-0.15, -0.1) is 0 Å². The van der Waals surface area contributed by atoms with E-state index in [0.717, 1.165) is 10.0 Å². The van der Waals surface area contributed by atoms with Crippen molar-refractivity contribution in [3.63, 3.8) is 0 Å². The molecule has 3 rings (SSSR count). The Morgan fingerprint density at radius 3 is 2.60 bits per heavy atom. The molecule has 9 heteroatoms. The maximum Gasteiger partial charge on any atom is 0.338 e. The van der Waals surface area contributed by atoms with Gasteiger partial charge in [0.2, 0.25) is 5.91 Å². The fourth-order valence-corrected chi connectivity index (χ4v) is 2.45. The molecule has 0 unspecified atom stereocenters. The van der Waals surface area contributed by atoms with Gasteiger partial charge in [0, 0.05) is 22.9 Å². The number of amides is 1. The van der Waals surface area contributed by atoms with Crippen LogP contribution in [0, 0.1) is 0 Å². The summed E-state index contributed by atoms with van der Waals surface area (Å²) in [6.07, 6.45) is 4.27. The van der Waals surface area contributed by atoms with Crippen molar-refractivity contribution in [2.24, 2.45) is 0 Å². The smallest absolute Gasteiger partial charge is 0.338 e. The number of carboxylic acid groups (broad SMARTS) is 1. The lowest BCUT2D eigenvalue weighted by Crippen LogP contribution is -2.19. The maximum atomic E-state index is 12.0. The molecule has 0 aliphatic carbocycles. The molecule has 2 aromatic heterocycles. The summed E-state index contributed by atoms with van der Waals surface area (Å²) in [4.78, 5) is 22.8.